The number of hydrogen-bond donors (Lipinski definition) is 4. The molecule has 0 bridgehead atoms. The third-order valence-corrected chi connectivity index (χ3v) is 29.0. The van der Waals surface area contributed by atoms with Gasteiger partial charge in [0.2, 0.25) is 0 Å². The average Bonchev–Trinajstić information content (AvgIpc) is 1.58. The van der Waals surface area contributed by atoms with Crippen molar-refractivity contribution in [2.24, 2.45) is 0 Å². The summed E-state index contributed by atoms with van der Waals surface area (Å²) in [6.45, 7) is 16.1. The predicted molar refractivity (Wildman–Crippen MR) is 540 cm³/mol. The molecule has 131 heavy (non-hydrogen) atoms. The lowest BCUT2D eigenvalue weighted by Crippen LogP contribution is -2.36. The van der Waals surface area contributed by atoms with E-state index in [1.165, 1.54) is 83.9 Å². The number of carbonyl (C=O) groups excluding carboxylic acids is 5. The second-order valence-electron chi connectivity index (χ2n) is 38.0. The monoisotopic (exact) mass is 1970 g/mol. The summed E-state index contributed by atoms with van der Waals surface area (Å²) in [5, 5.41) is 12.4. The number of hydrogen-bond acceptors (Lipinski definition) is 10. The van der Waals surface area contributed by atoms with Gasteiger partial charge in [-0.3, -0.25) is 24.0 Å². The quantitative estimate of drug-likeness (QED) is 0.0569. The van der Waals surface area contributed by atoms with Gasteiger partial charge in [-0.15, -0.1) is 0 Å². The van der Waals surface area contributed by atoms with Gasteiger partial charge in [0, 0.05) is 115 Å². The fourth-order valence-corrected chi connectivity index (χ4v) is 20.8. The Balaban J connectivity index is 0.000000120. The van der Waals surface area contributed by atoms with Crippen molar-refractivity contribution in [1.29, 1.82) is 0 Å². The lowest BCUT2D eigenvalue weighted by Gasteiger charge is -2.27. The Labute approximate surface area is 799 Å². The Bertz CT molecular complexity index is 5990. The summed E-state index contributed by atoms with van der Waals surface area (Å²) in [5.41, 5.74) is 17.0. The zero-order valence-electron chi connectivity index (χ0n) is 75.8. The third kappa shape index (κ3) is 23.0. The average molecular weight is 1970 g/mol. The van der Waals surface area contributed by atoms with E-state index in [0.29, 0.717) is 61.8 Å². The van der Waals surface area contributed by atoms with Gasteiger partial charge in [0.25, 0.3) is 29.5 Å². The summed E-state index contributed by atoms with van der Waals surface area (Å²) < 4.78 is 31.8. The normalized spacial score (nSPS) is 20.6. The Kier molecular flexibility index (Phi) is 30.0. The lowest BCUT2D eigenvalue weighted by molar-refractivity contribution is 0.0723. The molecule has 1 saturated heterocycles. The molecule has 8 aliphatic rings. The maximum atomic E-state index is 12.8. The SMILES string of the molecule is CC1(Cc2ccccc2)COc2cc(C(=O)N3CCCCC3)ccc21.CC1(Cc2ccccc2)COc2cc(C(=O)NC3CCCCC3)ccc21.CC1(Cc2ccccc2)COc2cc(C(=O)Nc3ccccc3I)ccc21.CC1(Cc2ccccc2)COc2ccc(C(=O)NC3CCCCC3)cc21.CC1(Cc2ccccc2)COc2ccc(C(=O)Nc3ccccc3I)cc21. The smallest absolute Gasteiger partial charge is 0.255 e. The van der Waals surface area contributed by atoms with Crippen LogP contribution < -0.4 is 45.0 Å². The molecule has 5 amide bonds. The highest BCUT2D eigenvalue weighted by atomic mass is 127. The number of anilines is 2. The fraction of sp³-hybridized carbons (Fsp3) is 0.325. The zero-order valence-corrected chi connectivity index (χ0v) is 80.1. The molecule has 0 radical (unpaired) electrons. The number of likely N-dealkylation sites (tertiary alicyclic amines) is 1. The number of halogens is 2. The first-order valence-corrected chi connectivity index (χ1v) is 48.8. The molecule has 20 rings (SSSR count). The van der Waals surface area contributed by atoms with Gasteiger partial charge in [-0.1, -0.05) is 267 Å². The second kappa shape index (κ2) is 42.3. The van der Waals surface area contributed by atoms with E-state index >= 15 is 0 Å². The molecule has 0 spiro atoms. The molecule has 12 aromatic carbocycles. The Morgan fingerprint density at radius 1 is 0.290 bits per heavy atom. The number of nitrogens with one attached hydrogen (secondary N) is 4. The fourth-order valence-electron chi connectivity index (χ4n) is 19.7. The first kappa shape index (κ1) is 92.7. The van der Waals surface area contributed by atoms with Crippen LogP contribution in [0.2, 0.25) is 0 Å². The van der Waals surface area contributed by atoms with Crippen LogP contribution in [0.3, 0.4) is 0 Å². The minimum atomic E-state index is -0.145. The van der Waals surface area contributed by atoms with Gasteiger partial charge < -0.3 is 49.9 Å². The standard InChI is InChI=1S/2C23H20INO2.2C23H27NO2.C22H25NO2/c1-23(14-16-7-3-2-4-8-16)15-27-21-12-11-17(13-18(21)23)22(26)25-20-10-6-5-9-19(20)24;1-23(14-16-7-3-2-4-8-16)15-27-21-13-17(11-12-18(21)23)22(26)25-20-10-6-5-9-19(20)24;1-23(15-17-8-4-2-5-9-17)16-26-21-13-12-18(14-20(21)23)22(25)24-19-10-6-3-7-11-19;1-23(15-17-8-4-2-5-9-17)16-26-21-14-18(12-13-20(21)23)22(25)24-19-10-6-3-7-11-19;1-22(15-17-8-4-2-5-9-17)16-25-20-14-18(10-11-19(20)22)21(24)23-12-6-3-7-13-23/h2*2-13H,14-15H2,1H3,(H,25,26);2*2,4-5,8-9,12-14,19H,3,6-7,10-11,15-16H2,1H3,(H,24,25);2,4-5,8-11,14H,3,6-7,12-13,15-16H2,1H3. The van der Waals surface area contributed by atoms with Gasteiger partial charge in [0.05, 0.1) is 44.4 Å². The highest BCUT2D eigenvalue weighted by molar-refractivity contribution is 14.1. The molecule has 17 heteroatoms. The summed E-state index contributed by atoms with van der Waals surface area (Å²) in [6.07, 6.45) is 19.9. The third-order valence-electron chi connectivity index (χ3n) is 27.1. The highest BCUT2D eigenvalue weighted by Gasteiger charge is 2.43. The molecule has 6 aliphatic heterocycles. The number of carbonyl (C=O) groups is 5. The van der Waals surface area contributed by atoms with Crippen LogP contribution in [-0.2, 0) is 59.2 Å². The second-order valence-corrected chi connectivity index (χ2v) is 40.3. The molecular weight excluding hydrogens is 1850 g/mol. The number of rotatable bonds is 19. The van der Waals surface area contributed by atoms with Crippen molar-refractivity contribution in [3.8, 4) is 28.7 Å². The molecule has 12 aromatic rings. The maximum absolute atomic E-state index is 12.8. The minimum Gasteiger partial charge on any atom is -0.492 e. The van der Waals surface area contributed by atoms with E-state index in [-0.39, 0.29) is 56.6 Å². The van der Waals surface area contributed by atoms with Gasteiger partial charge in [0.1, 0.15) is 28.7 Å². The van der Waals surface area contributed by atoms with Crippen molar-refractivity contribution in [3.63, 3.8) is 0 Å². The highest BCUT2D eigenvalue weighted by Crippen LogP contribution is 2.47. The van der Waals surface area contributed by atoms with Crippen molar-refractivity contribution < 1.29 is 47.7 Å². The minimum absolute atomic E-state index is 0.0277. The van der Waals surface area contributed by atoms with Crippen LogP contribution in [0.25, 0.3) is 0 Å². The van der Waals surface area contributed by atoms with Crippen molar-refractivity contribution in [1.82, 2.24) is 15.5 Å². The van der Waals surface area contributed by atoms with Gasteiger partial charge in [0.15, 0.2) is 0 Å². The van der Waals surface area contributed by atoms with Crippen molar-refractivity contribution in [3.05, 3.63) is 382 Å². The van der Waals surface area contributed by atoms with Crippen molar-refractivity contribution >= 4 is 86.1 Å². The first-order valence-electron chi connectivity index (χ1n) is 46.6. The van der Waals surface area contributed by atoms with Crippen LogP contribution in [-0.4, -0.2) is 92.6 Å². The van der Waals surface area contributed by atoms with Crippen molar-refractivity contribution in [2.45, 2.75) is 189 Å². The lowest BCUT2D eigenvalue weighted by atomic mass is 9.78. The van der Waals surface area contributed by atoms with Gasteiger partial charge in [-0.2, -0.15) is 0 Å². The molecule has 2 aliphatic carbocycles. The number of amides is 5. The van der Waals surface area contributed by atoms with E-state index in [9.17, 15) is 24.0 Å². The molecule has 4 N–H and O–H groups in total. The van der Waals surface area contributed by atoms with E-state index in [1.807, 2.05) is 163 Å². The van der Waals surface area contributed by atoms with Crippen LogP contribution in [0.4, 0.5) is 11.4 Å². The summed E-state index contributed by atoms with van der Waals surface area (Å²) in [7, 11) is 0. The van der Waals surface area contributed by atoms with Crippen LogP contribution in [0.5, 0.6) is 28.7 Å². The van der Waals surface area contributed by atoms with Gasteiger partial charge >= 0.3 is 0 Å². The molecule has 3 fully saturated rings. The number of piperidine rings is 1. The number of para-hydroxylation sites is 2. The largest absolute Gasteiger partial charge is 0.492 e. The Morgan fingerprint density at radius 3 is 0.901 bits per heavy atom. The number of nitrogens with zero attached hydrogens (tertiary/aromatic N) is 1. The van der Waals surface area contributed by atoms with Gasteiger partial charge in [-0.25, -0.2) is 0 Å². The Morgan fingerprint density at radius 2 is 0.557 bits per heavy atom. The van der Waals surface area contributed by atoms with Crippen LogP contribution in [0.1, 0.15) is 226 Å². The molecule has 2 saturated carbocycles. The molecule has 5 atom stereocenters. The van der Waals surface area contributed by atoms with Crippen LogP contribution >= 0.6 is 45.2 Å². The summed E-state index contributed by atoms with van der Waals surface area (Å²) in [5.74, 6) is 4.33. The number of fused-ring (bicyclic) bond motifs is 5. The first-order chi connectivity index (χ1) is 63.5. The van der Waals surface area contributed by atoms with Gasteiger partial charge in [-0.05, 0) is 247 Å². The molecule has 15 nitrogen and oxygen atoms in total. The molecule has 6 heterocycles. The predicted octanol–water partition coefficient (Wildman–Crippen LogP) is 24.4. The summed E-state index contributed by atoms with van der Waals surface area (Å²) in [4.78, 5) is 65.5. The summed E-state index contributed by atoms with van der Waals surface area (Å²) >= 11 is 4.44. The van der Waals surface area contributed by atoms with E-state index < -0.39 is 0 Å². The van der Waals surface area contributed by atoms with E-state index in [2.05, 4.69) is 235 Å². The molecule has 674 valence electrons. The van der Waals surface area contributed by atoms with Crippen molar-refractivity contribution in [2.75, 3.05) is 56.8 Å². The Hall–Kier alpha value is -11.6. The zero-order chi connectivity index (χ0) is 91.0. The topological polar surface area (TPSA) is 183 Å². The van der Waals surface area contributed by atoms with Crippen LogP contribution in [0.15, 0.2) is 291 Å². The van der Waals surface area contributed by atoms with E-state index in [1.54, 1.807) is 0 Å². The maximum Gasteiger partial charge on any atom is 0.255 e. The van der Waals surface area contributed by atoms with E-state index in [0.717, 1.165) is 159 Å². The molecule has 5 unspecified atom stereocenters. The number of benzene rings is 12. The van der Waals surface area contributed by atoms with E-state index in [4.69, 9.17) is 23.7 Å². The molecule has 0 aromatic heterocycles. The van der Waals surface area contributed by atoms with Crippen LogP contribution in [0, 0.1) is 7.14 Å². The molecular formula is C114H119I2N5O10. The number of ether oxygens (including phenoxy) is 5. The summed E-state index contributed by atoms with van der Waals surface area (Å²) in [6, 6.07) is 98.0.